The Bertz CT molecular complexity index is 431. The number of rotatable bonds is 3. The van der Waals surface area contributed by atoms with Crippen molar-refractivity contribution in [2.24, 2.45) is 5.73 Å². The Hall–Kier alpha value is -0.400. The second-order valence-corrected chi connectivity index (χ2v) is 4.14. The van der Waals surface area contributed by atoms with Gasteiger partial charge in [-0.3, -0.25) is 4.79 Å². The Morgan fingerprint density at radius 2 is 1.73 bits per heavy atom. The van der Waals surface area contributed by atoms with Crippen LogP contribution in [-0.2, 0) is 14.9 Å². The van der Waals surface area contributed by atoms with Crippen LogP contribution < -0.4 is 35.3 Å². The predicted octanol–water partition coefficient (Wildman–Crippen LogP) is -3.24. The molecule has 0 spiro atoms. The third-order valence-electron chi connectivity index (χ3n) is 1.65. The zero-order valence-electron chi connectivity index (χ0n) is 8.08. The Morgan fingerprint density at radius 1 is 1.27 bits per heavy atom. The molecule has 0 bridgehead atoms. The molecule has 76 valence electrons. The van der Waals surface area contributed by atoms with Gasteiger partial charge in [-0.15, -0.1) is 0 Å². The molecule has 0 aliphatic carbocycles. The normalized spacial score (nSPS) is 12.6. The maximum atomic E-state index is 10.8. The first-order valence-corrected chi connectivity index (χ1v) is 5.19. The Kier molecular flexibility index (Phi) is 5.47. The van der Waals surface area contributed by atoms with Gasteiger partial charge in [0, 0.05) is 0 Å². The molecular weight excluding hydrogens is 229 g/mol. The van der Waals surface area contributed by atoms with Gasteiger partial charge in [-0.1, -0.05) is 30.3 Å². The summed E-state index contributed by atoms with van der Waals surface area (Å²) < 4.78 is 32.2. The average molecular weight is 237 g/mol. The zero-order chi connectivity index (χ0) is 10.8. The minimum Gasteiger partial charge on any atom is -0.747 e. The predicted molar refractivity (Wildman–Crippen MR) is 48.1 cm³/mol. The first-order chi connectivity index (χ1) is 6.43. The second-order valence-electron chi connectivity index (χ2n) is 2.69. The SMILES string of the molecule is NC(=O)C(c1ccccc1)S(=O)(=O)[O-].[Na+]. The van der Waals surface area contributed by atoms with Gasteiger partial charge in [-0.05, 0) is 5.56 Å². The van der Waals surface area contributed by atoms with Crippen molar-refractivity contribution < 1.29 is 47.3 Å². The molecule has 7 heteroatoms. The number of hydrogen-bond acceptors (Lipinski definition) is 4. The van der Waals surface area contributed by atoms with Gasteiger partial charge in [0.2, 0.25) is 5.91 Å². The van der Waals surface area contributed by atoms with Crippen molar-refractivity contribution in [2.45, 2.75) is 5.25 Å². The van der Waals surface area contributed by atoms with Gasteiger partial charge in [-0.2, -0.15) is 0 Å². The number of carbonyl (C=O) groups is 1. The van der Waals surface area contributed by atoms with Crippen molar-refractivity contribution in [3.8, 4) is 0 Å². The van der Waals surface area contributed by atoms with E-state index in [1.165, 1.54) is 24.3 Å². The average Bonchev–Trinajstić information content (AvgIpc) is 2.02. The smallest absolute Gasteiger partial charge is 0.747 e. The van der Waals surface area contributed by atoms with E-state index in [4.69, 9.17) is 5.73 Å². The van der Waals surface area contributed by atoms with E-state index in [1.54, 1.807) is 6.07 Å². The molecule has 0 saturated carbocycles. The Balaban J connectivity index is 0.00000196. The van der Waals surface area contributed by atoms with Gasteiger partial charge >= 0.3 is 29.6 Å². The van der Waals surface area contributed by atoms with Crippen molar-refractivity contribution in [3.63, 3.8) is 0 Å². The summed E-state index contributed by atoms with van der Waals surface area (Å²) in [6.07, 6.45) is 0. The van der Waals surface area contributed by atoms with Crippen LogP contribution in [-0.4, -0.2) is 18.9 Å². The van der Waals surface area contributed by atoms with Gasteiger partial charge in [-0.25, -0.2) is 8.42 Å². The van der Waals surface area contributed by atoms with Crippen LogP contribution in [0.25, 0.3) is 0 Å². The molecule has 15 heavy (non-hydrogen) atoms. The van der Waals surface area contributed by atoms with Crippen molar-refractivity contribution in [3.05, 3.63) is 35.9 Å². The standard InChI is InChI=1S/C8H9NO4S.Na/c9-8(10)7(14(11,12)13)6-4-2-1-3-5-6;/h1-5,7H,(H2,9,10)(H,11,12,13);/q;+1/p-1. The molecule has 0 saturated heterocycles. The minimum absolute atomic E-state index is 0. The summed E-state index contributed by atoms with van der Waals surface area (Å²) in [7, 11) is -4.74. The molecule has 1 rings (SSSR count). The van der Waals surface area contributed by atoms with E-state index in [1.807, 2.05) is 0 Å². The summed E-state index contributed by atoms with van der Waals surface area (Å²) in [5.41, 5.74) is 4.93. The maximum Gasteiger partial charge on any atom is 1.00 e. The topological polar surface area (TPSA) is 100 Å². The van der Waals surface area contributed by atoms with Gasteiger partial charge in [0.1, 0.15) is 10.1 Å². The van der Waals surface area contributed by atoms with E-state index < -0.39 is 21.3 Å². The van der Waals surface area contributed by atoms with Gasteiger partial charge in [0.15, 0.2) is 5.25 Å². The van der Waals surface area contributed by atoms with Crippen LogP contribution in [0.4, 0.5) is 0 Å². The summed E-state index contributed by atoms with van der Waals surface area (Å²) in [6, 6.07) is 7.42. The van der Waals surface area contributed by atoms with Crippen molar-refractivity contribution >= 4 is 16.0 Å². The van der Waals surface area contributed by atoms with Gasteiger partial charge in [0.25, 0.3) is 0 Å². The van der Waals surface area contributed by atoms with Gasteiger partial charge < -0.3 is 10.3 Å². The molecule has 5 nitrogen and oxygen atoms in total. The molecule has 1 aromatic carbocycles. The fraction of sp³-hybridized carbons (Fsp3) is 0.125. The van der Waals surface area contributed by atoms with Crippen LogP contribution in [0, 0.1) is 0 Å². The van der Waals surface area contributed by atoms with Crippen LogP contribution >= 0.6 is 0 Å². The summed E-state index contributed by atoms with van der Waals surface area (Å²) in [5, 5.41) is -1.80. The molecule has 0 aromatic heterocycles. The van der Waals surface area contributed by atoms with E-state index in [9.17, 15) is 17.8 Å². The molecule has 1 aromatic rings. The first-order valence-electron chi connectivity index (χ1n) is 3.72. The van der Waals surface area contributed by atoms with Crippen LogP contribution in [0.3, 0.4) is 0 Å². The summed E-state index contributed by atoms with van der Waals surface area (Å²) >= 11 is 0. The molecule has 0 aliphatic heterocycles. The third-order valence-corrected chi connectivity index (χ3v) is 2.73. The van der Waals surface area contributed by atoms with Crippen LogP contribution in [0.15, 0.2) is 30.3 Å². The zero-order valence-corrected chi connectivity index (χ0v) is 10.9. The molecule has 0 aliphatic rings. The van der Waals surface area contributed by atoms with E-state index in [2.05, 4.69) is 0 Å². The Labute approximate surface area is 110 Å². The fourth-order valence-electron chi connectivity index (χ4n) is 1.10. The summed E-state index contributed by atoms with van der Waals surface area (Å²) in [6.45, 7) is 0. The third kappa shape index (κ3) is 3.92. The number of primary amides is 1. The molecule has 1 atom stereocenters. The molecule has 0 radical (unpaired) electrons. The monoisotopic (exact) mass is 237 g/mol. The first kappa shape index (κ1) is 14.6. The molecular formula is C8H8NNaO4S. The number of hydrogen-bond donors (Lipinski definition) is 1. The number of nitrogens with two attached hydrogens (primary N) is 1. The molecule has 1 amide bonds. The summed E-state index contributed by atoms with van der Waals surface area (Å²) in [5.74, 6) is -1.16. The maximum absolute atomic E-state index is 10.8. The molecule has 1 unspecified atom stereocenters. The number of amides is 1. The van der Waals surface area contributed by atoms with E-state index >= 15 is 0 Å². The van der Waals surface area contributed by atoms with E-state index in [0.717, 1.165) is 0 Å². The number of carbonyl (C=O) groups excluding carboxylic acids is 1. The van der Waals surface area contributed by atoms with Crippen LogP contribution in [0.1, 0.15) is 10.8 Å². The largest absolute Gasteiger partial charge is 1.00 e. The Morgan fingerprint density at radius 3 is 2.07 bits per heavy atom. The molecule has 2 N–H and O–H groups in total. The van der Waals surface area contributed by atoms with Gasteiger partial charge in [0.05, 0.1) is 0 Å². The van der Waals surface area contributed by atoms with E-state index in [-0.39, 0.29) is 35.1 Å². The van der Waals surface area contributed by atoms with Crippen LogP contribution in [0.5, 0.6) is 0 Å². The fourth-order valence-corrected chi connectivity index (χ4v) is 1.88. The quantitative estimate of drug-likeness (QED) is 0.441. The molecule has 0 heterocycles. The number of benzene rings is 1. The molecule has 0 fully saturated rings. The summed E-state index contributed by atoms with van der Waals surface area (Å²) in [4.78, 5) is 10.8. The van der Waals surface area contributed by atoms with Crippen molar-refractivity contribution in [2.75, 3.05) is 0 Å². The van der Waals surface area contributed by atoms with Crippen molar-refractivity contribution in [1.82, 2.24) is 0 Å². The van der Waals surface area contributed by atoms with Crippen LogP contribution in [0.2, 0.25) is 0 Å². The minimum atomic E-state index is -4.74. The van der Waals surface area contributed by atoms with Crippen molar-refractivity contribution in [1.29, 1.82) is 0 Å². The second kappa shape index (κ2) is 5.62. The van der Waals surface area contributed by atoms with E-state index in [0.29, 0.717) is 0 Å².